The molecule has 4 bridgehead atoms. The first-order valence-corrected chi connectivity index (χ1v) is 6.65. The third-order valence-electron chi connectivity index (χ3n) is 5.16. The number of carbonyl (C=O) groups is 1. The zero-order valence-corrected chi connectivity index (χ0v) is 9.69. The molecule has 0 aliphatic heterocycles. The zero-order valence-electron chi connectivity index (χ0n) is 9.69. The number of carbonyl (C=O) groups excluding carboxylic acids is 1. The lowest BCUT2D eigenvalue weighted by Crippen LogP contribution is -2.45. The summed E-state index contributed by atoms with van der Waals surface area (Å²) in [4.78, 5) is 11.6. The molecule has 4 fully saturated rings. The van der Waals surface area contributed by atoms with E-state index in [1.54, 1.807) is 0 Å². The number of nitriles is 1. The second-order valence-corrected chi connectivity index (χ2v) is 6.17. The summed E-state index contributed by atoms with van der Waals surface area (Å²) in [6.45, 7) is 0. The van der Waals surface area contributed by atoms with Crippen molar-refractivity contribution in [1.82, 2.24) is 0 Å². The van der Waals surface area contributed by atoms with Gasteiger partial charge in [-0.3, -0.25) is 4.79 Å². The Morgan fingerprint density at radius 2 is 1.62 bits per heavy atom. The van der Waals surface area contributed by atoms with Crippen LogP contribution in [-0.4, -0.2) is 5.78 Å². The third-order valence-corrected chi connectivity index (χ3v) is 5.16. The van der Waals surface area contributed by atoms with Crippen molar-refractivity contribution in [3.63, 3.8) is 0 Å². The minimum absolute atomic E-state index is 0.128. The van der Waals surface area contributed by atoms with Crippen LogP contribution >= 0.6 is 0 Å². The van der Waals surface area contributed by atoms with Gasteiger partial charge in [-0.05, 0) is 61.7 Å². The summed E-state index contributed by atoms with van der Waals surface area (Å²) in [6, 6.07) is 1.99. The molecular formula is C14H19NO. The van der Waals surface area contributed by atoms with E-state index in [-0.39, 0.29) is 12.2 Å². The number of Topliss-reactive ketones (excluding diaryl/α,β-unsaturated/α-hetero) is 1. The van der Waals surface area contributed by atoms with E-state index >= 15 is 0 Å². The van der Waals surface area contributed by atoms with E-state index in [1.807, 2.05) is 6.07 Å². The largest absolute Gasteiger partial charge is 0.299 e. The van der Waals surface area contributed by atoms with Gasteiger partial charge in [0.1, 0.15) is 5.78 Å². The molecule has 4 saturated carbocycles. The van der Waals surface area contributed by atoms with E-state index in [0.29, 0.717) is 12.3 Å². The summed E-state index contributed by atoms with van der Waals surface area (Å²) in [5.41, 5.74) is 0. The van der Waals surface area contributed by atoms with E-state index in [2.05, 4.69) is 0 Å². The van der Waals surface area contributed by atoms with E-state index in [1.165, 1.54) is 32.1 Å². The summed E-state index contributed by atoms with van der Waals surface area (Å²) < 4.78 is 0. The lowest BCUT2D eigenvalue weighted by Gasteiger charge is -2.54. The van der Waals surface area contributed by atoms with E-state index in [9.17, 15) is 4.79 Å². The molecule has 0 aromatic heterocycles. The quantitative estimate of drug-likeness (QED) is 0.729. The van der Waals surface area contributed by atoms with Gasteiger partial charge in [-0.1, -0.05) is 0 Å². The van der Waals surface area contributed by atoms with Crippen LogP contribution in [0.1, 0.15) is 44.9 Å². The lowest BCUT2D eigenvalue weighted by atomic mass is 9.51. The molecule has 86 valence electrons. The van der Waals surface area contributed by atoms with Crippen molar-refractivity contribution in [1.29, 1.82) is 5.26 Å². The van der Waals surface area contributed by atoms with Crippen molar-refractivity contribution in [3.05, 3.63) is 0 Å². The number of hydrogen-bond acceptors (Lipinski definition) is 2. The van der Waals surface area contributed by atoms with Gasteiger partial charge in [-0.25, -0.2) is 0 Å². The van der Waals surface area contributed by atoms with Gasteiger partial charge < -0.3 is 0 Å². The smallest absolute Gasteiger partial charge is 0.147 e. The van der Waals surface area contributed by atoms with Crippen molar-refractivity contribution in [2.75, 3.05) is 0 Å². The van der Waals surface area contributed by atoms with E-state index in [4.69, 9.17) is 5.26 Å². The highest BCUT2D eigenvalue weighted by Crippen LogP contribution is 2.57. The summed E-state index contributed by atoms with van der Waals surface area (Å²) in [7, 11) is 0. The first kappa shape index (κ1) is 10.3. The van der Waals surface area contributed by atoms with Crippen LogP contribution in [0.15, 0.2) is 0 Å². The van der Waals surface area contributed by atoms with Gasteiger partial charge in [0.15, 0.2) is 0 Å². The lowest BCUT2D eigenvalue weighted by molar-refractivity contribution is -0.123. The average molecular weight is 217 g/mol. The summed E-state index contributed by atoms with van der Waals surface area (Å²) in [6.07, 6.45) is 7.78. The van der Waals surface area contributed by atoms with E-state index in [0.717, 1.165) is 23.7 Å². The van der Waals surface area contributed by atoms with Gasteiger partial charge in [0.25, 0.3) is 0 Å². The number of hydrogen-bond donors (Lipinski definition) is 0. The molecule has 2 nitrogen and oxygen atoms in total. The maximum Gasteiger partial charge on any atom is 0.147 e. The minimum Gasteiger partial charge on any atom is -0.299 e. The van der Waals surface area contributed by atoms with Gasteiger partial charge >= 0.3 is 0 Å². The molecule has 0 saturated heterocycles. The number of rotatable bonds is 3. The van der Waals surface area contributed by atoms with Crippen molar-refractivity contribution in [2.24, 2.45) is 29.6 Å². The highest BCUT2D eigenvalue weighted by atomic mass is 16.1. The molecule has 2 heteroatoms. The predicted octanol–water partition coefficient (Wildman–Crippen LogP) is 2.93. The zero-order chi connectivity index (χ0) is 11.1. The molecule has 0 amide bonds. The monoisotopic (exact) mass is 217 g/mol. The first-order valence-electron chi connectivity index (χ1n) is 6.65. The van der Waals surface area contributed by atoms with Crippen LogP contribution in [0, 0.1) is 40.9 Å². The molecular weight excluding hydrogens is 198 g/mol. The topological polar surface area (TPSA) is 40.9 Å². The molecule has 4 rings (SSSR count). The Morgan fingerprint density at radius 3 is 2.12 bits per heavy atom. The van der Waals surface area contributed by atoms with Crippen molar-refractivity contribution >= 4 is 5.78 Å². The Bertz CT molecular complexity index is 313. The minimum atomic E-state index is 0.128. The maximum atomic E-state index is 11.6. The standard InChI is InChI=1S/C14H19NO/c15-2-1-13(16)8-14-11-4-9-3-10(6-11)7-12(14)5-9/h9-12,14H,1,3-8H2. The van der Waals surface area contributed by atoms with Crippen LogP contribution in [0.5, 0.6) is 0 Å². The second-order valence-electron chi connectivity index (χ2n) is 6.17. The Hall–Kier alpha value is -0.840. The SMILES string of the molecule is N#CCC(=O)CC1C2CC3CC(C2)CC1C3. The molecule has 16 heavy (non-hydrogen) atoms. The molecule has 0 unspecified atom stereocenters. The highest BCUT2D eigenvalue weighted by molar-refractivity contribution is 5.80. The van der Waals surface area contributed by atoms with E-state index < -0.39 is 0 Å². The van der Waals surface area contributed by atoms with Gasteiger partial charge in [-0.2, -0.15) is 5.26 Å². The highest BCUT2D eigenvalue weighted by Gasteiger charge is 2.48. The molecule has 0 aromatic rings. The normalized spacial score (nSPS) is 44.3. The van der Waals surface area contributed by atoms with Crippen LogP contribution in [0.3, 0.4) is 0 Å². The summed E-state index contributed by atoms with van der Waals surface area (Å²) >= 11 is 0. The molecule has 0 N–H and O–H groups in total. The summed E-state index contributed by atoms with van der Waals surface area (Å²) in [5.74, 6) is 4.40. The Morgan fingerprint density at radius 1 is 1.06 bits per heavy atom. The first-order chi connectivity index (χ1) is 7.76. The van der Waals surface area contributed by atoms with Crippen molar-refractivity contribution < 1.29 is 4.79 Å². The fourth-order valence-electron chi connectivity index (χ4n) is 4.79. The van der Waals surface area contributed by atoms with Gasteiger partial charge in [0, 0.05) is 6.42 Å². The van der Waals surface area contributed by atoms with Crippen molar-refractivity contribution in [3.8, 4) is 6.07 Å². The van der Waals surface area contributed by atoms with Gasteiger partial charge in [-0.15, -0.1) is 0 Å². The Labute approximate surface area is 97.0 Å². The van der Waals surface area contributed by atoms with Gasteiger partial charge in [0.05, 0.1) is 12.5 Å². The van der Waals surface area contributed by atoms with Crippen LogP contribution in [0.2, 0.25) is 0 Å². The molecule has 0 atom stereocenters. The fourth-order valence-corrected chi connectivity index (χ4v) is 4.79. The van der Waals surface area contributed by atoms with Crippen LogP contribution in [0.25, 0.3) is 0 Å². The van der Waals surface area contributed by atoms with Crippen LogP contribution < -0.4 is 0 Å². The molecule has 0 heterocycles. The van der Waals surface area contributed by atoms with Crippen molar-refractivity contribution in [2.45, 2.75) is 44.9 Å². The molecule has 4 aliphatic rings. The van der Waals surface area contributed by atoms with Crippen LogP contribution in [0.4, 0.5) is 0 Å². The van der Waals surface area contributed by atoms with Gasteiger partial charge in [0.2, 0.25) is 0 Å². The number of nitrogens with zero attached hydrogens (tertiary/aromatic N) is 1. The molecule has 4 aliphatic carbocycles. The average Bonchev–Trinajstić information content (AvgIpc) is 2.23. The second kappa shape index (κ2) is 3.87. The van der Waals surface area contributed by atoms with Crippen LogP contribution in [-0.2, 0) is 4.79 Å². The number of ketones is 1. The third kappa shape index (κ3) is 1.67. The Balaban J connectivity index is 1.68. The molecule has 0 aromatic carbocycles. The Kier molecular flexibility index (Phi) is 2.50. The predicted molar refractivity (Wildman–Crippen MR) is 60.4 cm³/mol. The maximum absolute atomic E-state index is 11.6. The molecule has 0 radical (unpaired) electrons. The fraction of sp³-hybridized carbons (Fsp3) is 0.857. The molecule has 0 spiro atoms. The summed E-state index contributed by atoms with van der Waals surface area (Å²) in [5, 5.41) is 8.55.